The van der Waals surface area contributed by atoms with E-state index < -0.39 is 41.1 Å². The topological polar surface area (TPSA) is 137 Å². The van der Waals surface area contributed by atoms with E-state index in [1.807, 2.05) is 0 Å². The van der Waals surface area contributed by atoms with Crippen LogP contribution in [0.15, 0.2) is 91.0 Å². The lowest BCUT2D eigenvalue weighted by molar-refractivity contribution is -0.485. The van der Waals surface area contributed by atoms with Gasteiger partial charge in [0.05, 0.1) is 13.0 Å². The second-order valence-corrected chi connectivity index (χ2v) is 8.67. The second kappa shape index (κ2) is 13.6. The van der Waals surface area contributed by atoms with Gasteiger partial charge in [-0.2, -0.15) is 5.01 Å². The first kappa shape index (κ1) is 28.6. The molecule has 0 spiro atoms. The zero-order valence-corrected chi connectivity index (χ0v) is 21.5. The number of amides is 2. The van der Waals surface area contributed by atoms with Crippen LogP contribution in [0.3, 0.4) is 0 Å². The van der Waals surface area contributed by atoms with Gasteiger partial charge in [0.15, 0.2) is 5.54 Å². The number of rotatable bonds is 10. The lowest BCUT2D eigenvalue weighted by Crippen LogP contribution is -2.66. The predicted octanol–water partition coefficient (Wildman–Crippen LogP) is 4.46. The molecule has 3 aromatic carbocycles. The Hall–Kier alpha value is -4.93. The number of carbonyl (C=O) groups is 3. The van der Waals surface area contributed by atoms with Gasteiger partial charge in [0.25, 0.3) is 0 Å². The minimum Gasteiger partial charge on any atom is -0.467 e. The SMILES string of the molecule is COC(=O)[C@](C)([C@H](C[N+](=O)[O-])c1ccccc1)N(NC(=O)OCc1ccccc1)C(=O)OCc1ccccc1. The molecule has 204 valence electrons. The fourth-order valence-electron chi connectivity index (χ4n) is 4.02. The maximum absolute atomic E-state index is 13.5. The molecule has 39 heavy (non-hydrogen) atoms. The average Bonchev–Trinajstić information content (AvgIpc) is 2.97. The highest BCUT2D eigenvalue weighted by Crippen LogP contribution is 2.35. The van der Waals surface area contributed by atoms with E-state index in [0.717, 1.165) is 7.11 Å². The molecule has 0 aliphatic rings. The Morgan fingerprint density at radius 3 is 1.85 bits per heavy atom. The number of benzene rings is 3. The molecule has 0 fully saturated rings. The van der Waals surface area contributed by atoms with Gasteiger partial charge in [-0.25, -0.2) is 19.8 Å². The zero-order valence-electron chi connectivity index (χ0n) is 21.5. The fraction of sp³-hybridized carbons (Fsp3) is 0.250. The van der Waals surface area contributed by atoms with Crippen molar-refractivity contribution in [3.8, 4) is 0 Å². The summed E-state index contributed by atoms with van der Waals surface area (Å²) in [4.78, 5) is 50.8. The molecule has 0 heterocycles. The van der Waals surface area contributed by atoms with Crippen LogP contribution in [0.2, 0.25) is 0 Å². The Balaban J connectivity index is 1.99. The maximum Gasteiger partial charge on any atom is 0.430 e. The summed E-state index contributed by atoms with van der Waals surface area (Å²) in [6.45, 7) is 0.172. The highest BCUT2D eigenvalue weighted by molar-refractivity contribution is 5.88. The lowest BCUT2D eigenvalue weighted by Gasteiger charge is -2.41. The highest BCUT2D eigenvalue weighted by atomic mass is 16.6. The molecular formula is C28H29N3O8. The molecule has 0 aromatic heterocycles. The lowest BCUT2D eigenvalue weighted by atomic mass is 9.79. The van der Waals surface area contributed by atoms with Crippen LogP contribution in [0.1, 0.15) is 29.5 Å². The van der Waals surface area contributed by atoms with Crippen LogP contribution in [-0.2, 0) is 32.2 Å². The number of ether oxygens (including phenoxy) is 3. The van der Waals surface area contributed by atoms with Gasteiger partial charge in [-0.15, -0.1) is 0 Å². The molecule has 11 heteroatoms. The molecule has 1 N–H and O–H groups in total. The third-order valence-electron chi connectivity index (χ3n) is 6.08. The molecule has 0 radical (unpaired) electrons. The zero-order chi connectivity index (χ0) is 28.3. The van der Waals surface area contributed by atoms with Crippen LogP contribution in [0, 0.1) is 10.1 Å². The van der Waals surface area contributed by atoms with E-state index in [4.69, 9.17) is 14.2 Å². The Bertz CT molecular complexity index is 1260. The number of hydrogen-bond donors (Lipinski definition) is 1. The van der Waals surface area contributed by atoms with Gasteiger partial charge in [0.2, 0.25) is 6.54 Å². The molecule has 0 saturated carbocycles. The van der Waals surface area contributed by atoms with Gasteiger partial charge in [0, 0.05) is 4.92 Å². The summed E-state index contributed by atoms with van der Waals surface area (Å²) in [5.74, 6) is -2.27. The number of methoxy groups -OCH3 is 1. The van der Waals surface area contributed by atoms with E-state index in [-0.39, 0.29) is 13.2 Å². The van der Waals surface area contributed by atoms with Crippen molar-refractivity contribution >= 4 is 18.2 Å². The summed E-state index contributed by atoms with van der Waals surface area (Å²) in [6, 6.07) is 25.7. The van der Waals surface area contributed by atoms with Crippen molar-refractivity contribution in [3.63, 3.8) is 0 Å². The van der Waals surface area contributed by atoms with E-state index in [2.05, 4.69) is 5.43 Å². The van der Waals surface area contributed by atoms with Crippen molar-refractivity contribution < 1.29 is 33.5 Å². The van der Waals surface area contributed by atoms with Crippen LogP contribution in [0.4, 0.5) is 9.59 Å². The summed E-state index contributed by atoms with van der Waals surface area (Å²) >= 11 is 0. The standard InChI is InChI=1S/C28H29N3O8/c1-28(25(32)37-2,24(18-30(35)36)23-16-10-5-11-17-23)31(27(34)39-20-22-14-8-4-9-15-22)29-26(33)38-19-21-12-6-3-7-13-21/h3-17,24H,18-20H2,1-2H3,(H,29,33)/t24-,28+/m1/s1. The first-order valence-electron chi connectivity index (χ1n) is 12.0. The van der Waals surface area contributed by atoms with Gasteiger partial charge in [-0.3, -0.25) is 10.1 Å². The van der Waals surface area contributed by atoms with E-state index in [9.17, 15) is 24.5 Å². The molecule has 3 rings (SSSR count). The Kier molecular flexibility index (Phi) is 9.96. The number of esters is 1. The van der Waals surface area contributed by atoms with Crippen molar-refractivity contribution in [1.29, 1.82) is 0 Å². The molecule has 0 aliphatic heterocycles. The molecular weight excluding hydrogens is 506 g/mol. The van der Waals surface area contributed by atoms with Crippen molar-refractivity contribution in [2.45, 2.75) is 31.6 Å². The Morgan fingerprint density at radius 1 is 0.872 bits per heavy atom. The van der Waals surface area contributed by atoms with Gasteiger partial charge in [-0.1, -0.05) is 91.0 Å². The average molecular weight is 536 g/mol. The quantitative estimate of drug-likeness (QED) is 0.174. The van der Waals surface area contributed by atoms with Crippen molar-refractivity contribution in [2.75, 3.05) is 13.7 Å². The normalized spacial score (nSPS) is 12.8. The monoisotopic (exact) mass is 535 g/mol. The summed E-state index contributed by atoms with van der Waals surface area (Å²) in [6.07, 6.45) is -2.23. The van der Waals surface area contributed by atoms with Gasteiger partial charge >= 0.3 is 18.2 Å². The van der Waals surface area contributed by atoms with Gasteiger partial charge < -0.3 is 14.2 Å². The molecule has 0 aliphatic carbocycles. The molecule has 11 nitrogen and oxygen atoms in total. The Morgan fingerprint density at radius 2 is 1.36 bits per heavy atom. The van der Waals surface area contributed by atoms with Crippen molar-refractivity contribution in [3.05, 3.63) is 118 Å². The van der Waals surface area contributed by atoms with Crippen molar-refractivity contribution in [2.24, 2.45) is 0 Å². The Labute approximate surface area is 225 Å². The van der Waals surface area contributed by atoms with Crippen LogP contribution in [0.25, 0.3) is 0 Å². The first-order valence-corrected chi connectivity index (χ1v) is 12.0. The van der Waals surface area contributed by atoms with E-state index in [1.165, 1.54) is 6.92 Å². The number of carbonyl (C=O) groups excluding carboxylic acids is 3. The largest absolute Gasteiger partial charge is 0.467 e. The summed E-state index contributed by atoms with van der Waals surface area (Å²) in [7, 11) is 1.08. The predicted molar refractivity (Wildman–Crippen MR) is 140 cm³/mol. The molecule has 3 aromatic rings. The van der Waals surface area contributed by atoms with Gasteiger partial charge in [0.1, 0.15) is 13.2 Å². The van der Waals surface area contributed by atoms with Crippen LogP contribution >= 0.6 is 0 Å². The molecule has 2 atom stereocenters. The van der Waals surface area contributed by atoms with Crippen LogP contribution in [0.5, 0.6) is 0 Å². The van der Waals surface area contributed by atoms with E-state index >= 15 is 0 Å². The number of hydrogen-bond acceptors (Lipinski definition) is 8. The minimum atomic E-state index is -2.12. The number of nitro groups is 1. The van der Waals surface area contributed by atoms with Crippen LogP contribution in [-0.4, -0.2) is 47.3 Å². The summed E-state index contributed by atoms with van der Waals surface area (Å²) in [5.41, 5.74) is 1.84. The third kappa shape index (κ3) is 7.54. The highest BCUT2D eigenvalue weighted by Gasteiger charge is 2.54. The molecule has 0 saturated heterocycles. The minimum absolute atomic E-state index is 0.133. The first-order chi connectivity index (χ1) is 18.8. The fourth-order valence-corrected chi connectivity index (χ4v) is 4.02. The molecule has 2 amide bonds. The summed E-state index contributed by atoms with van der Waals surface area (Å²) < 4.78 is 15.7. The molecule has 0 unspecified atom stereocenters. The third-order valence-corrected chi connectivity index (χ3v) is 6.08. The van der Waals surface area contributed by atoms with E-state index in [1.54, 1.807) is 91.0 Å². The van der Waals surface area contributed by atoms with Gasteiger partial charge in [-0.05, 0) is 23.6 Å². The number of nitrogens with one attached hydrogen (secondary N) is 1. The smallest absolute Gasteiger partial charge is 0.430 e. The van der Waals surface area contributed by atoms with Crippen molar-refractivity contribution in [1.82, 2.24) is 10.4 Å². The van der Waals surface area contributed by atoms with E-state index in [0.29, 0.717) is 21.7 Å². The second-order valence-electron chi connectivity index (χ2n) is 8.67. The van der Waals surface area contributed by atoms with Crippen LogP contribution < -0.4 is 5.43 Å². The molecule has 0 bridgehead atoms. The summed E-state index contributed by atoms with van der Waals surface area (Å²) in [5, 5.41) is 12.3. The number of hydrazine groups is 1. The number of nitrogens with zero attached hydrogens (tertiary/aromatic N) is 2. The maximum atomic E-state index is 13.5.